The number of carbonyl (C=O) groups excluding carboxylic acids is 1. The second-order valence-corrected chi connectivity index (χ2v) is 9.53. The summed E-state index contributed by atoms with van der Waals surface area (Å²) in [7, 11) is 0. The van der Waals surface area contributed by atoms with E-state index in [1.807, 2.05) is 12.1 Å². The van der Waals surface area contributed by atoms with Gasteiger partial charge in [-0.3, -0.25) is 4.79 Å². The molecule has 0 atom stereocenters. The van der Waals surface area contributed by atoms with Crippen molar-refractivity contribution < 1.29 is 9.90 Å². The van der Waals surface area contributed by atoms with E-state index in [0.717, 1.165) is 61.9 Å². The molecule has 30 heavy (non-hydrogen) atoms. The molecule has 4 rings (SSSR count). The maximum Gasteiger partial charge on any atom is 0.251 e. The average molecular weight is 412 g/mol. The first-order valence-electron chi connectivity index (χ1n) is 12.0. The van der Waals surface area contributed by atoms with E-state index in [9.17, 15) is 9.90 Å². The van der Waals surface area contributed by atoms with Gasteiger partial charge in [0.2, 0.25) is 0 Å². The first-order valence-corrected chi connectivity index (χ1v) is 12.0. The van der Waals surface area contributed by atoms with Crippen LogP contribution in [0.4, 0.5) is 0 Å². The zero-order valence-corrected chi connectivity index (χ0v) is 18.6. The number of nitrogens with zero attached hydrogens (tertiary/aromatic N) is 2. The van der Waals surface area contributed by atoms with Crippen LogP contribution in [0.15, 0.2) is 18.2 Å². The van der Waals surface area contributed by atoms with Gasteiger partial charge in [-0.2, -0.15) is 0 Å². The number of amides is 1. The molecule has 1 heterocycles. The Morgan fingerprint density at radius 2 is 1.90 bits per heavy atom. The maximum absolute atomic E-state index is 13.0. The molecule has 2 aliphatic carbocycles. The van der Waals surface area contributed by atoms with Crippen LogP contribution in [0.3, 0.4) is 0 Å². The number of hydrogen-bond donors (Lipinski definition) is 2. The van der Waals surface area contributed by atoms with Crippen molar-refractivity contribution in [2.24, 2.45) is 5.92 Å². The number of rotatable bonds is 8. The van der Waals surface area contributed by atoms with Crippen molar-refractivity contribution in [1.82, 2.24) is 14.9 Å². The molecule has 5 heteroatoms. The first kappa shape index (κ1) is 21.4. The first-order chi connectivity index (χ1) is 14.6. The number of benzene rings is 1. The summed E-state index contributed by atoms with van der Waals surface area (Å²) in [4.78, 5) is 18.0. The van der Waals surface area contributed by atoms with Crippen LogP contribution < -0.4 is 5.32 Å². The highest BCUT2D eigenvalue weighted by atomic mass is 16.3. The second kappa shape index (κ2) is 9.09. The summed E-state index contributed by atoms with van der Waals surface area (Å²) in [6, 6.07) is 6.40. The summed E-state index contributed by atoms with van der Waals surface area (Å²) in [5, 5.41) is 13.0. The molecule has 0 bridgehead atoms. The summed E-state index contributed by atoms with van der Waals surface area (Å²) in [5.41, 5.74) is 2.26. The van der Waals surface area contributed by atoms with E-state index in [4.69, 9.17) is 4.98 Å². The van der Waals surface area contributed by atoms with E-state index in [1.165, 1.54) is 31.5 Å². The van der Waals surface area contributed by atoms with Crippen molar-refractivity contribution in [3.8, 4) is 0 Å². The molecule has 0 saturated heterocycles. The third kappa shape index (κ3) is 4.14. The standard InChI is InChI=1S/C25H37N3O2/c1-3-20(4-2)28-22-12-11-19(24(30)27-25(17-29)13-7-8-14-25)16-21(22)26-23(28)15-18-9-5-6-10-18/h11-12,16,18,20,29H,3-10,13-15,17H2,1-2H3,(H,27,30). The minimum atomic E-state index is -0.450. The predicted molar refractivity (Wildman–Crippen MR) is 121 cm³/mol. The SMILES string of the molecule is CCC(CC)n1c(CC2CCCC2)nc2cc(C(=O)NC3(CO)CCCC3)ccc21. The van der Waals surface area contributed by atoms with E-state index in [0.29, 0.717) is 11.6 Å². The number of hydrogen-bond acceptors (Lipinski definition) is 3. The topological polar surface area (TPSA) is 67.2 Å². The molecular formula is C25H37N3O2. The molecule has 2 saturated carbocycles. The fourth-order valence-corrected chi connectivity index (χ4v) is 5.66. The highest BCUT2D eigenvalue weighted by Crippen LogP contribution is 2.33. The number of imidazole rings is 1. The van der Waals surface area contributed by atoms with Gasteiger partial charge in [0.05, 0.1) is 23.2 Å². The van der Waals surface area contributed by atoms with Crippen LogP contribution >= 0.6 is 0 Å². The summed E-state index contributed by atoms with van der Waals surface area (Å²) in [6.45, 7) is 4.50. The fraction of sp³-hybridized carbons (Fsp3) is 0.680. The number of aliphatic hydroxyl groups is 1. The van der Waals surface area contributed by atoms with Gasteiger partial charge in [0.15, 0.2) is 0 Å². The lowest BCUT2D eigenvalue weighted by molar-refractivity contribution is 0.0838. The molecule has 1 amide bonds. The number of aliphatic hydroxyl groups excluding tert-OH is 1. The third-order valence-corrected chi connectivity index (χ3v) is 7.52. The molecule has 2 fully saturated rings. The smallest absolute Gasteiger partial charge is 0.251 e. The normalized spacial score (nSPS) is 19.2. The number of fused-ring (bicyclic) bond motifs is 1. The van der Waals surface area contributed by atoms with Gasteiger partial charge in [-0.1, -0.05) is 52.4 Å². The minimum absolute atomic E-state index is 0.00975. The molecule has 1 aromatic heterocycles. The summed E-state index contributed by atoms with van der Waals surface area (Å²) in [5.74, 6) is 1.83. The molecular weight excluding hydrogens is 374 g/mol. The number of aromatic nitrogens is 2. The maximum atomic E-state index is 13.0. The molecule has 0 aliphatic heterocycles. The van der Waals surface area contributed by atoms with Crippen molar-refractivity contribution in [3.05, 3.63) is 29.6 Å². The Bertz CT molecular complexity index is 872. The van der Waals surface area contributed by atoms with Gasteiger partial charge >= 0.3 is 0 Å². The van der Waals surface area contributed by atoms with E-state index in [1.54, 1.807) is 0 Å². The van der Waals surface area contributed by atoms with E-state index in [-0.39, 0.29) is 12.5 Å². The molecule has 2 N–H and O–H groups in total. The van der Waals surface area contributed by atoms with Crippen LogP contribution in [-0.2, 0) is 6.42 Å². The van der Waals surface area contributed by atoms with Gasteiger partial charge in [-0.05, 0) is 49.8 Å². The van der Waals surface area contributed by atoms with Crippen LogP contribution in [-0.4, -0.2) is 32.7 Å². The molecule has 2 aliphatic rings. The Morgan fingerprint density at radius 3 is 2.53 bits per heavy atom. The highest BCUT2D eigenvalue weighted by molar-refractivity contribution is 5.98. The minimum Gasteiger partial charge on any atom is -0.394 e. The second-order valence-electron chi connectivity index (χ2n) is 9.53. The third-order valence-electron chi connectivity index (χ3n) is 7.52. The molecule has 0 spiro atoms. The molecule has 5 nitrogen and oxygen atoms in total. The predicted octanol–water partition coefficient (Wildman–Crippen LogP) is 5.17. The summed E-state index contributed by atoms with van der Waals surface area (Å²) >= 11 is 0. The molecule has 0 unspecified atom stereocenters. The van der Waals surface area contributed by atoms with E-state index >= 15 is 0 Å². The average Bonchev–Trinajstić information content (AvgIpc) is 3.50. The van der Waals surface area contributed by atoms with Crippen LogP contribution in [0.1, 0.15) is 100 Å². The van der Waals surface area contributed by atoms with E-state index < -0.39 is 5.54 Å². The van der Waals surface area contributed by atoms with E-state index in [2.05, 4.69) is 29.8 Å². The monoisotopic (exact) mass is 411 g/mol. The van der Waals surface area contributed by atoms with Gasteiger partial charge in [0, 0.05) is 18.0 Å². The van der Waals surface area contributed by atoms with Gasteiger partial charge < -0.3 is 15.0 Å². The Hall–Kier alpha value is -1.88. The lowest BCUT2D eigenvalue weighted by Gasteiger charge is -2.28. The van der Waals surface area contributed by atoms with Crippen LogP contribution in [0.5, 0.6) is 0 Å². The van der Waals surface area contributed by atoms with Crippen molar-refractivity contribution in [3.63, 3.8) is 0 Å². The zero-order chi connectivity index (χ0) is 21.1. The van der Waals surface area contributed by atoms with Crippen LogP contribution in [0, 0.1) is 5.92 Å². The van der Waals surface area contributed by atoms with Crippen molar-refractivity contribution in [1.29, 1.82) is 0 Å². The van der Waals surface area contributed by atoms with Gasteiger partial charge in [0.25, 0.3) is 5.91 Å². The van der Waals surface area contributed by atoms with Gasteiger partial charge in [-0.25, -0.2) is 4.98 Å². The Balaban J connectivity index is 1.65. The van der Waals surface area contributed by atoms with Gasteiger partial charge in [-0.15, -0.1) is 0 Å². The van der Waals surface area contributed by atoms with Crippen LogP contribution in [0.2, 0.25) is 0 Å². The molecule has 2 aromatic rings. The van der Waals surface area contributed by atoms with Crippen molar-refractivity contribution in [2.45, 2.75) is 96.1 Å². The number of carbonyl (C=O) groups is 1. The molecule has 1 aromatic carbocycles. The van der Waals surface area contributed by atoms with Crippen molar-refractivity contribution in [2.75, 3.05) is 6.61 Å². The summed E-state index contributed by atoms with van der Waals surface area (Å²) < 4.78 is 2.45. The Labute approximate surface area is 180 Å². The largest absolute Gasteiger partial charge is 0.394 e. The fourth-order valence-electron chi connectivity index (χ4n) is 5.66. The summed E-state index contributed by atoms with van der Waals surface area (Å²) in [6.07, 6.45) is 12.3. The van der Waals surface area contributed by atoms with Crippen molar-refractivity contribution >= 4 is 16.9 Å². The van der Waals surface area contributed by atoms with Crippen LogP contribution in [0.25, 0.3) is 11.0 Å². The zero-order valence-electron chi connectivity index (χ0n) is 18.6. The lowest BCUT2D eigenvalue weighted by atomic mass is 9.98. The Kier molecular flexibility index (Phi) is 6.47. The number of nitrogens with one attached hydrogen (secondary N) is 1. The van der Waals surface area contributed by atoms with Gasteiger partial charge in [0.1, 0.15) is 5.82 Å². The lowest BCUT2D eigenvalue weighted by Crippen LogP contribution is -2.49. The quantitative estimate of drug-likeness (QED) is 0.630. The molecule has 0 radical (unpaired) electrons. The highest BCUT2D eigenvalue weighted by Gasteiger charge is 2.35. The molecule has 164 valence electrons. The Morgan fingerprint density at radius 1 is 1.20 bits per heavy atom.